The van der Waals surface area contributed by atoms with Crippen LogP contribution in [-0.2, 0) is 4.74 Å². The van der Waals surface area contributed by atoms with Gasteiger partial charge in [0.25, 0.3) is 0 Å². The predicted octanol–water partition coefficient (Wildman–Crippen LogP) is 3.24. The Kier molecular flexibility index (Phi) is 7.10. The number of carbonyl (C=O) groups is 1. The van der Waals surface area contributed by atoms with Crippen LogP contribution in [0.15, 0.2) is 0 Å². The van der Waals surface area contributed by atoms with E-state index in [9.17, 15) is 9.18 Å². The van der Waals surface area contributed by atoms with Crippen LogP contribution < -0.4 is 0 Å². The van der Waals surface area contributed by atoms with E-state index in [4.69, 9.17) is 0 Å². The maximum atomic E-state index is 12.8. The lowest BCUT2D eigenvalue weighted by Crippen LogP contribution is -2.45. The average Bonchev–Trinajstić information content (AvgIpc) is 2.16. The number of hydrogen-bond acceptors (Lipinski definition) is 2. The lowest BCUT2D eigenvalue weighted by atomic mass is 10.0. The summed E-state index contributed by atoms with van der Waals surface area (Å²) in [6.07, 6.45) is -0.260. The SMILES string of the molecule is CC(C)C.COC(=O)N1CC[C@H](F)C[C@@H]1C. The molecule has 1 aliphatic heterocycles. The standard InChI is InChI=1S/C8H14FNO2.C4H10/c1-6-5-7(9)3-4-10(6)8(11)12-2;1-4(2)3/h6-7H,3-5H2,1-2H3;4H,1-3H3/t6-,7-;/m0./s1. The molecule has 0 radical (unpaired) electrons. The number of carbonyl (C=O) groups excluding carboxylic acids is 1. The van der Waals surface area contributed by atoms with Crippen molar-refractivity contribution in [3.63, 3.8) is 0 Å². The molecule has 16 heavy (non-hydrogen) atoms. The summed E-state index contributed by atoms with van der Waals surface area (Å²) in [6.45, 7) is 8.80. The second kappa shape index (κ2) is 7.47. The number of rotatable bonds is 0. The minimum absolute atomic E-state index is 0.0406. The highest BCUT2D eigenvalue weighted by Crippen LogP contribution is 2.19. The molecule has 0 aromatic rings. The fourth-order valence-corrected chi connectivity index (χ4v) is 1.50. The molecule has 1 rings (SSSR count). The van der Waals surface area contributed by atoms with Gasteiger partial charge in [-0.25, -0.2) is 9.18 Å². The van der Waals surface area contributed by atoms with Gasteiger partial charge in [-0.05, 0) is 25.7 Å². The molecule has 1 aliphatic rings. The molecule has 0 spiro atoms. The largest absolute Gasteiger partial charge is 0.453 e. The molecule has 1 amide bonds. The Morgan fingerprint density at radius 3 is 2.31 bits per heavy atom. The number of hydrogen-bond donors (Lipinski definition) is 0. The summed E-state index contributed by atoms with van der Waals surface area (Å²) in [6, 6.07) is -0.0406. The lowest BCUT2D eigenvalue weighted by Gasteiger charge is -2.33. The first-order valence-corrected chi connectivity index (χ1v) is 5.87. The molecule has 0 unspecified atom stereocenters. The molecule has 96 valence electrons. The van der Waals surface area contributed by atoms with Gasteiger partial charge >= 0.3 is 6.09 Å². The number of likely N-dealkylation sites (tertiary alicyclic amines) is 1. The van der Waals surface area contributed by atoms with Crippen molar-refractivity contribution in [2.45, 2.75) is 52.8 Å². The monoisotopic (exact) mass is 233 g/mol. The van der Waals surface area contributed by atoms with E-state index in [1.807, 2.05) is 6.92 Å². The molecule has 1 fully saturated rings. The summed E-state index contributed by atoms with van der Waals surface area (Å²) < 4.78 is 17.4. The molecule has 0 aromatic carbocycles. The van der Waals surface area contributed by atoms with Gasteiger partial charge in [-0.2, -0.15) is 0 Å². The van der Waals surface area contributed by atoms with Crippen LogP contribution in [-0.4, -0.2) is 36.9 Å². The van der Waals surface area contributed by atoms with Crippen LogP contribution >= 0.6 is 0 Å². The van der Waals surface area contributed by atoms with Crippen LogP contribution in [0.4, 0.5) is 9.18 Å². The van der Waals surface area contributed by atoms with Crippen LogP contribution in [0.2, 0.25) is 0 Å². The number of alkyl halides is 1. The van der Waals surface area contributed by atoms with Gasteiger partial charge in [0.05, 0.1) is 7.11 Å². The van der Waals surface area contributed by atoms with E-state index >= 15 is 0 Å². The number of halogens is 1. The van der Waals surface area contributed by atoms with Gasteiger partial charge in [0.2, 0.25) is 0 Å². The van der Waals surface area contributed by atoms with Crippen molar-refractivity contribution in [3.05, 3.63) is 0 Å². The molecule has 1 heterocycles. The Hall–Kier alpha value is -0.800. The first-order chi connectivity index (χ1) is 7.38. The van der Waals surface area contributed by atoms with Crippen molar-refractivity contribution >= 4 is 6.09 Å². The van der Waals surface area contributed by atoms with Gasteiger partial charge in [0.15, 0.2) is 0 Å². The summed E-state index contributed by atoms with van der Waals surface area (Å²) in [5.74, 6) is 0.833. The molecule has 4 heteroatoms. The minimum atomic E-state index is -0.763. The lowest BCUT2D eigenvalue weighted by molar-refractivity contribution is 0.0721. The first kappa shape index (κ1) is 15.2. The Morgan fingerprint density at radius 2 is 1.94 bits per heavy atom. The average molecular weight is 233 g/mol. The second-order valence-corrected chi connectivity index (χ2v) is 4.87. The van der Waals surface area contributed by atoms with Crippen LogP contribution in [0, 0.1) is 5.92 Å². The summed E-state index contributed by atoms with van der Waals surface area (Å²) in [5, 5.41) is 0. The van der Waals surface area contributed by atoms with E-state index < -0.39 is 6.17 Å². The highest BCUT2D eigenvalue weighted by Gasteiger charge is 2.28. The van der Waals surface area contributed by atoms with Crippen molar-refractivity contribution in [3.8, 4) is 0 Å². The zero-order valence-electron chi connectivity index (χ0n) is 11.0. The van der Waals surface area contributed by atoms with Gasteiger partial charge < -0.3 is 9.64 Å². The van der Waals surface area contributed by atoms with E-state index in [1.165, 1.54) is 7.11 Å². The fraction of sp³-hybridized carbons (Fsp3) is 0.917. The Morgan fingerprint density at radius 1 is 1.44 bits per heavy atom. The summed E-state index contributed by atoms with van der Waals surface area (Å²) in [7, 11) is 1.34. The Balaban J connectivity index is 0.000000487. The first-order valence-electron chi connectivity index (χ1n) is 5.87. The normalized spacial score (nSPS) is 24.8. The van der Waals surface area contributed by atoms with Gasteiger partial charge in [-0.15, -0.1) is 0 Å². The van der Waals surface area contributed by atoms with Crippen molar-refractivity contribution in [2.24, 2.45) is 5.92 Å². The maximum Gasteiger partial charge on any atom is 0.409 e. The van der Waals surface area contributed by atoms with Gasteiger partial charge in [0, 0.05) is 12.6 Å². The van der Waals surface area contributed by atoms with Gasteiger partial charge in [0.1, 0.15) is 6.17 Å². The molecule has 0 saturated carbocycles. The van der Waals surface area contributed by atoms with Crippen LogP contribution in [0.25, 0.3) is 0 Å². The third kappa shape index (κ3) is 5.93. The van der Waals surface area contributed by atoms with Crippen molar-refractivity contribution in [2.75, 3.05) is 13.7 Å². The Labute approximate surface area is 98.0 Å². The van der Waals surface area contributed by atoms with E-state index in [0.29, 0.717) is 19.4 Å². The van der Waals surface area contributed by atoms with E-state index in [0.717, 1.165) is 5.92 Å². The predicted molar refractivity (Wildman–Crippen MR) is 63.2 cm³/mol. The number of nitrogens with zero attached hydrogens (tertiary/aromatic N) is 1. The molecule has 0 bridgehead atoms. The number of methoxy groups -OCH3 is 1. The zero-order chi connectivity index (χ0) is 12.7. The minimum Gasteiger partial charge on any atom is -0.453 e. The Bertz CT molecular complexity index is 206. The van der Waals surface area contributed by atoms with Gasteiger partial charge in [-0.1, -0.05) is 20.8 Å². The van der Waals surface area contributed by atoms with Gasteiger partial charge in [-0.3, -0.25) is 0 Å². The summed E-state index contributed by atoms with van der Waals surface area (Å²) in [5.41, 5.74) is 0. The molecule has 3 nitrogen and oxygen atoms in total. The van der Waals surface area contributed by atoms with Crippen molar-refractivity contribution in [1.82, 2.24) is 4.90 Å². The number of ether oxygens (including phenoxy) is 1. The fourth-order valence-electron chi connectivity index (χ4n) is 1.50. The quantitative estimate of drug-likeness (QED) is 0.643. The molecular formula is C12H24FNO2. The smallest absolute Gasteiger partial charge is 0.409 e. The van der Waals surface area contributed by atoms with E-state index in [2.05, 4.69) is 25.5 Å². The highest BCUT2D eigenvalue weighted by atomic mass is 19.1. The molecule has 0 aromatic heterocycles. The van der Waals surface area contributed by atoms with Crippen LogP contribution in [0.1, 0.15) is 40.5 Å². The second-order valence-electron chi connectivity index (χ2n) is 4.87. The summed E-state index contributed by atoms with van der Waals surface area (Å²) in [4.78, 5) is 12.6. The third-order valence-corrected chi connectivity index (χ3v) is 2.22. The molecule has 1 saturated heterocycles. The molecule has 2 atom stereocenters. The van der Waals surface area contributed by atoms with Crippen molar-refractivity contribution < 1.29 is 13.9 Å². The molecule has 0 N–H and O–H groups in total. The van der Waals surface area contributed by atoms with E-state index in [1.54, 1.807) is 4.90 Å². The molecule has 0 aliphatic carbocycles. The van der Waals surface area contributed by atoms with Crippen molar-refractivity contribution in [1.29, 1.82) is 0 Å². The molecular weight excluding hydrogens is 209 g/mol. The highest BCUT2D eigenvalue weighted by molar-refractivity contribution is 5.67. The number of piperidine rings is 1. The third-order valence-electron chi connectivity index (χ3n) is 2.22. The summed E-state index contributed by atoms with van der Waals surface area (Å²) >= 11 is 0. The maximum absolute atomic E-state index is 12.8. The van der Waals surface area contributed by atoms with Crippen LogP contribution in [0.5, 0.6) is 0 Å². The van der Waals surface area contributed by atoms with Crippen LogP contribution in [0.3, 0.4) is 0 Å². The zero-order valence-corrected chi connectivity index (χ0v) is 11.0. The topological polar surface area (TPSA) is 29.5 Å². The number of amides is 1. The van der Waals surface area contributed by atoms with E-state index in [-0.39, 0.29) is 12.1 Å².